The number of amides is 2. The quantitative estimate of drug-likeness (QED) is 0.901. The van der Waals surface area contributed by atoms with Crippen LogP contribution in [0.25, 0.3) is 0 Å². The van der Waals surface area contributed by atoms with Gasteiger partial charge in [0.05, 0.1) is 11.3 Å². The molecule has 2 aromatic rings. The van der Waals surface area contributed by atoms with E-state index in [9.17, 15) is 18.4 Å². The first kappa shape index (κ1) is 14.3. The Bertz CT molecular complexity index is 707. The smallest absolute Gasteiger partial charge is 0.286 e. The summed E-state index contributed by atoms with van der Waals surface area (Å²) in [5.41, 5.74) is 3.98. The van der Waals surface area contributed by atoms with Gasteiger partial charge in [0.1, 0.15) is 11.6 Å². The van der Waals surface area contributed by atoms with E-state index in [1.807, 2.05) is 0 Å². The van der Waals surface area contributed by atoms with Crippen LogP contribution in [-0.4, -0.2) is 22.0 Å². The van der Waals surface area contributed by atoms with E-state index in [4.69, 9.17) is 17.3 Å². The number of carbonyl (C=O) groups is 2. The summed E-state index contributed by atoms with van der Waals surface area (Å²) in [7, 11) is 0. The molecule has 0 radical (unpaired) electrons. The minimum atomic E-state index is -1.12. The van der Waals surface area contributed by atoms with Crippen molar-refractivity contribution in [2.24, 2.45) is 5.73 Å². The first-order valence-electron chi connectivity index (χ1n) is 4.97. The lowest BCUT2D eigenvalue weighted by molar-refractivity contribution is 0.0992. The highest BCUT2D eigenvalue weighted by atomic mass is 35.5. The molecule has 0 saturated carbocycles. The van der Waals surface area contributed by atoms with Gasteiger partial charge in [-0.2, -0.15) is 0 Å². The van der Waals surface area contributed by atoms with Crippen molar-refractivity contribution in [2.75, 3.05) is 5.32 Å². The molecule has 104 valence electrons. The average molecular weight is 319 g/mol. The summed E-state index contributed by atoms with van der Waals surface area (Å²) in [6, 6.07) is 1.25. The van der Waals surface area contributed by atoms with Crippen LogP contribution in [0, 0.1) is 11.6 Å². The van der Waals surface area contributed by atoms with Crippen LogP contribution < -0.4 is 11.1 Å². The number of halogens is 3. The maximum absolute atomic E-state index is 13.5. The number of hydrogen-bond donors (Lipinski definition) is 2. The molecule has 0 fully saturated rings. The zero-order valence-electron chi connectivity index (χ0n) is 9.49. The van der Waals surface area contributed by atoms with Crippen LogP contribution in [0.1, 0.15) is 20.2 Å². The molecular formula is C10H5ClF2N4O2S. The largest absolute Gasteiger partial charge is 0.366 e. The highest BCUT2D eigenvalue weighted by Gasteiger charge is 2.18. The van der Waals surface area contributed by atoms with E-state index in [-0.39, 0.29) is 9.47 Å². The molecule has 2 rings (SSSR count). The van der Waals surface area contributed by atoms with Crippen LogP contribution in [0.4, 0.5) is 14.5 Å². The topological polar surface area (TPSA) is 98.0 Å². The summed E-state index contributed by atoms with van der Waals surface area (Å²) in [5, 5.41) is 8.87. The van der Waals surface area contributed by atoms with Gasteiger partial charge in [-0.3, -0.25) is 9.59 Å². The fourth-order valence-electron chi connectivity index (χ4n) is 1.31. The molecule has 1 heterocycles. The number of hydrogen-bond acceptors (Lipinski definition) is 5. The number of carbonyl (C=O) groups excluding carboxylic acids is 2. The summed E-state index contributed by atoms with van der Waals surface area (Å²) >= 11 is 6.28. The van der Waals surface area contributed by atoms with Gasteiger partial charge < -0.3 is 11.1 Å². The predicted octanol–water partition coefficient (Wildman–Crippen LogP) is 1.82. The van der Waals surface area contributed by atoms with E-state index in [1.54, 1.807) is 0 Å². The van der Waals surface area contributed by atoms with Crippen LogP contribution >= 0.6 is 22.9 Å². The van der Waals surface area contributed by atoms with Crippen LogP contribution in [0.2, 0.25) is 4.47 Å². The Labute approximate surface area is 119 Å². The lowest BCUT2D eigenvalue weighted by Crippen LogP contribution is -2.17. The minimum absolute atomic E-state index is 0.0348. The second-order valence-corrected chi connectivity index (χ2v) is 5.05. The fourth-order valence-corrected chi connectivity index (χ4v) is 2.03. The van der Waals surface area contributed by atoms with Gasteiger partial charge in [-0.25, -0.2) is 8.78 Å². The molecule has 0 spiro atoms. The van der Waals surface area contributed by atoms with Crippen LogP contribution in [0.15, 0.2) is 12.1 Å². The van der Waals surface area contributed by atoms with Gasteiger partial charge in [0.2, 0.25) is 9.47 Å². The van der Waals surface area contributed by atoms with Crippen molar-refractivity contribution in [2.45, 2.75) is 0 Å². The SMILES string of the molecule is NC(=O)c1cc(NC(=O)c2nnc(Cl)s2)c(F)cc1F. The third-order valence-corrected chi connectivity index (χ3v) is 3.18. The van der Waals surface area contributed by atoms with Gasteiger partial charge in [0.15, 0.2) is 0 Å². The Kier molecular flexibility index (Phi) is 3.91. The Morgan fingerprint density at radius 1 is 1.25 bits per heavy atom. The molecule has 6 nitrogen and oxygen atoms in total. The molecule has 0 bridgehead atoms. The number of nitrogens with zero attached hydrogens (tertiary/aromatic N) is 2. The third-order valence-electron chi connectivity index (χ3n) is 2.16. The number of benzene rings is 1. The summed E-state index contributed by atoms with van der Waals surface area (Å²) in [5.74, 6) is -4.06. The lowest BCUT2D eigenvalue weighted by atomic mass is 10.1. The van der Waals surface area contributed by atoms with Crippen LogP contribution in [-0.2, 0) is 0 Å². The van der Waals surface area contributed by atoms with Gasteiger partial charge in [0.25, 0.3) is 11.8 Å². The van der Waals surface area contributed by atoms with Crippen molar-refractivity contribution >= 4 is 40.4 Å². The second-order valence-electron chi connectivity index (χ2n) is 3.49. The van der Waals surface area contributed by atoms with Gasteiger partial charge in [-0.15, -0.1) is 10.2 Å². The molecule has 10 heteroatoms. The van der Waals surface area contributed by atoms with Gasteiger partial charge in [0, 0.05) is 6.07 Å². The first-order chi connectivity index (χ1) is 9.38. The van der Waals surface area contributed by atoms with E-state index in [0.29, 0.717) is 6.07 Å². The van der Waals surface area contributed by atoms with E-state index >= 15 is 0 Å². The molecule has 0 aliphatic heterocycles. The molecule has 0 atom stereocenters. The standard InChI is InChI=1S/C10H5ClF2N4O2S/c11-10-17-16-9(20-10)8(19)15-6-1-3(7(14)18)4(12)2-5(6)13/h1-2H,(H2,14,18)(H,15,19). The molecule has 1 aromatic heterocycles. The number of nitrogens with two attached hydrogens (primary N) is 1. The molecular weight excluding hydrogens is 314 g/mol. The summed E-state index contributed by atoms with van der Waals surface area (Å²) < 4.78 is 26.8. The molecule has 1 aromatic carbocycles. The summed E-state index contributed by atoms with van der Waals surface area (Å²) in [6.07, 6.45) is 0. The molecule has 0 saturated heterocycles. The molecule has 0 unspecified atom stereocenters. The van der Waals surface area contributed by atoms with Crippen molar-refractivity contribution in [3.63, 3.8) is 0 Å². The van der Waals surface area contributed by atoms with Gasteiger partial charge >= 0.3 is 0 Å². The van der Waals surface area contributed by atoms with E-state index < -0.39 is 34.7 Å². The van der Waals surface area contributed by atoms with E-state index in [2.05, 4.69) is 15.5 Å². The zero-order valence-corrected chi connectivity index (χ0v) is 11.1. The zero-order chi connectivity index (χ0) is 14.9. The molecule has 20 heavy (non-hydrogen) atoms. The Morgan fingerprint density at radius 2 is 1.95 bits per heavy atom. The van der Waals surface area contributed by atoms with Crippen molar-refractivity contribution < 1.29 is 18.4 Å². The first-order valence-corrected chi connectivity index (χ1v) is 6.17. The number of nitrogens with one attached hydrogen (secondary N) is 1. The molecule has 3 N–H and O–H groups in total. The maximum atomic E-state index is 13.5. The molecule has 0 aliphatic rings. The highest BCUT2D eigenvalue weighted by Crippen LogP contribution is 2.21. The highest BCUT2D eigenvalue weighted by molar-refractivity contribution is 7.17. The normalized spacial score (nSPS) is 10.3. The minimum Gasteiger partial charge on any atom is -0.366 e. The summed E-state index contributed by atoms with van der Waals surface area (Å²) in [6.45, 7) is 0. The Morgan fingerprint density at radius 3 is 2.50 bits per heavy atom. The third kappa shape index (κ3) is 2.89. The fraction of sp³-hybridized carbons (Fsp3) is 0. The van der Waals surface area contributed by atoms with Crippen molar-refractivity contribution in [3.8, 4) is 0 Å². The number of primary amides is 1. The monoisotopic (exact) mass is 318 g/mol. The number of anilines is 1. The lowest BCUT2D eigenvalue weighted by Gasteiger charge is -2.06. The number of aromatic nitrogens is 2. The number of rotatable bonds is 3. The average Bonchev–Trinajstić information content (AvgIpc) is 2.79. The van der Waals surface area contributed by atoms with Crippen LogP contribution in [0.5, 0.6) is 0 Å². The molecule has 0 aliphatic carbocycles. The Hall–Kier alpha value is -2.13. The van der Waals surface area contributed by atoms with Gasteiger partial charge in [-0.1, -0.05) is 11.3 Å². The van der Waals surface area contributed by atoms with Crippen molar-refractivity contribution in [1.82, 2.24) is 10.2 Å². The molecule has 2 amide bonds. The van der Waals surface area contributed by atoms with Crippen molar-refractivity contribution in [3.05, 3.63) is 38.8 Å². The van der Waals surface area contributed by atoms with E-state index in [1.165, 1.54) is 0 Å². The van der Waals surface area contributed by atoms with Gasteiger partial charge in [-0.05, 0) is 17.7 Å². The van der Waals surface area contributed by atoms with Crippen molar-refractivity contribution in [1.29, 1.82) is 0 Å². The second kappa shape index (κ2) is 5.47. The Balaban J connectivity index is 2.31. The summed E-state index contributed by atoms with van der Waals surface area (Å²) in [4.78, 5) is 22.7. The maximum Gasteiger partial charge on any atom is 0.286 e. The predicted molar refractivity (Wildman–Crippen MR) is 67.7 cm³/mol. The van der Waals surface area contributed by atoms with E-state index in [0.717, 1.165) is 17.4 Å². The van der Waals surface area contributed by atoms with Crippen LogP contribution in [0.3, 0.4) is 0 Å².